The Kier molecular flexibility index (Phi) is 4.86. The molecular formula is C16H23ClFN. The molecular weight excluding hydrogens is 261 g/mol. The number of hydrogen-bond acceptors (Lipinski definition) is 1. The lowest BCUT2D eigenvalue weighted by atomic mass is 9.65. The van der Waals surface area contributed by atoms with Crippen LogP contribution in [0.3, 0.4) is 0 Å². The smallest absolute Gasteiger partial charge is 0.126 e. The van der Waals surface area contributed by atoms with Crippen molar-refractivity contribution >= 4 is 11.6 Å². The van der Waals surface area contributed by atoms with E-state index in [-0.39, 0.29) is 11.2 Å². The summed E-state index contributed by atoms with van der Waals surface area (Å²) in [6.07, 6.45) is 4.42. The molecule has 0 radical (unpaired) electrons. The fourth-order valence-electron chi connectivity index (χ4n) is 2.80. The van der Waals surface area contributed by atoms with Crippen LogP contribution in [-0.2, 0) is 6.42 Å². The molecule has 0 bridgehead atoms. The summed E-state index contributed by atoms with van der Waals surface area (Å²) < 4.78 is 13.8. The van der Waals surface area contributed by atoms with Gasteiger partial charge in [0.25, 0.3) is 0 Å². The van der Waals surface area contributed by atoms with E-state index in [9.17, 15) is 4.39 Å². The van der Waals surface area contributed by atoms with Gasteiger partial charge in [-0.15, -0.1) is 0 Å². The molecule has 0 aliphatic heterocycles. The van der Waals surface area contributed by atoms with Gasteiger partial charge in [0.1, 0.15) is 5.82 Å². The summed E-state index contributed by atoms with van der Waals surface area (Å²) in [7, 11) is 0. The molecule has 0 saturated heterocycles. The molecule has 1 aromatic carbocycles. The Labute approximate surface area is 120 Å². The molecule has 1 nitrogen and oxygen atoms in total. The number of benzene rings is 1. The maximum Gasteiger partial charge on any atom is 0.126 e. The van der Waals surface area contributed by atoms with Gasteiger partial charge >= 0.3 is 0 Å². The van der Waals surface area contributed by atoms with Crippen molar-refractivity contribution in [2.24, 2.45) is 11.3 Å². The predicted octanol–water partition coefficient (Wildman–Crippen LogP) is 4.44. The molecule has 2 rings (SSSR count). The summed E-state index contributed by atoms with van der Waals surface area (Å²) in [5.41, 5.74) is 0.999. The molecule has 19 heavy (non-hydrogen) atoms. The van der Waals surface area contributed by atoms with Crippen molar-refractivity contribution in [3.05, 3.63) is 34.6 Å². The van der Waals surface area contributed by atoms with Crippen LogP contribution in [0, 0.1) is 17.2 Å². The van der Waals surface area contributed by atoms with E-state index in [1.165, 1.54) is 25.3 Å². The van der Waals surface area contributed by atoms with E-state index >= 15 is 0 Å². The quantitative estimate of drug-likeness (QED) is 0.814. The highest BCUT2D eigenvalue weighted by molar-refractivity contribution is 6.30. The maximum absolute atomic E-state index is 13.8. The number of halogens is 2. The minimum absolute atomic E-state index is 0.125. The highest BCUT2D eigenvalue weighted by Crippen LogP contribution is 2.43. The van der Waals surface area contributed by atoms with E-state index in [1.54, 1.807) is 12.1 Å². The molecule has 0 atom stereocenters. The van der Waals surface area contributed by atoms with Crippen LogP contribution in [0.5, 0.6) is 0 Å². The molecule has 1 saturated carbocycles. The molecule has 0 spiro atoms. The van der Waals surface area contributed by atoms with Crippen molar-refractivity contribution in [1.29, 1.82) is 0 Å². The molecule has 0 heterocycles. The highest BCUT2D eigenvalue weighted by Gasteiger charge is 2.37. The number of hydrogen-bond donors (Lipinski definition) is 1. The Morgan fingerprint density at radius 1 is 1.37 bits per heavy atom. The van der Waals surface area contributed by atoms with Crippen molar-refractivity contribution in [3.63, 3.8) is 0 Å². The van der Waals surface area contributed by atoms with Gasteiger partial charge in [-0.3, -0.25) is 0 Å². The van der Waals surface area contributed by atoms with Gasteiger partial charge in [-0.2, -0.15) is 0 Å². The maximum atomic E-state index is 13.8. The van der Waals surface area contributed by atoms with Gasteiger partial charge in [0.05, 0.1) is 0 Å². The average Bonchev–Trinajstić information content (AvgIpc) is 2.30. The normalized spacial score (nSPS) is 17.5. The fraction of sp³-hybridized carbons (Fsp3) is 0.625. The van der Waals surface area contributed by atoms with E-state index in [1.807, 2.05) is 0 Å². The Balaban J connectivity index is 1.99. The third kappa shape index (κ3) is 3.93. The van der Waals surface area contributed by atoms with Gasteiger partial charge in [0, 0.05) is 11.6 Å². The summed E-state index contributed by atoms with van der Waals surface area (Å²) in [4.78, 5) is 0. The molecule has 0 aromatic heterocycles. The summed E-state index contributed by atoms with van der Waals surface area (Å²) >= 11 is 5.97. The van der Waals surface area contributed by atoms with Gasteiger partial charge < -0.3 is 5.32 Å². The summed E-state index contributed by atoms with van der Waals surface area (Å²) in [5.74, 6) is 0.527. The van der Waals surface area contributed by atoms with Crippen LogP contribution < -0.4 is 5.32 Å². The van der Waals surface area contributed by atoms with Gasteiger partial charge in [-0.05, 0) is 60.9 Å². The van der Waals surface area contributed by atoms with Crippen LogP contribution in [0.2, 0.25) is 5.02 Å². The van der Waals surface area contributed by atoms with Gasteiger partial charge in [0.15, 0.2) is 0 Å². The lowest BCUT2D eigenvalue weighted by Crippen LogP contribution is -2.42. The zero-order valence-electron chi connectivity index (χ0n) is 11.8. The van der Waals surface area contributed by atoms with E-state index in [2.05, 4.69) is 19.2 Å². The van der Waals surface area contributed by atoms with Crippen LogP contribution in [0.15, 0.2) is 18.2 Å². The number of nitrogens with one attached hydrogen (secondary N) is 1. The second-order valence-corrected chi connectivity index (χ2v) is 6.73. The first-order valence-electron chi connectivity index (χ1n) is 7.15. The lowest BCUT2D eigenvalue weighted by molar-refractivity contribution is 0.127. The van der Waals surface area contributed by atoms with Gasteiger partial charge in [-0.25, -0.2) is 4.39 Å². The van der Waals surface area contributed by atoms with Gasteiger partial charge in [-0.1, -0.05) is 31.9 Å². The molecule has 1 N–H and O–H groups in total. The monoisotopic (exact) mass is 283 g/mol. The second kappa shape index (κ2) is 6.23. The first-order chi connectivity index (χ1) is 9.01. The Morgan fingerprint density at radius 2 is 2.11 bits per heavy atom. The minimum atomic E-state index is -0.125. The molecule has 3 heteroatoms. The largest absolute Gasteiger partial charge is 0.316 e. The fourth-order valence-corrected chi connectivity index (χ4v) is 3.00. The zero-order valence-corrected chi connectivity index (χ0v) is 12.6. The van der Waals surface area contributed by atoms with Crippen LogP contribution >= 0.6 is 11.6 Å². The third-order valence-electron chi connectivity index (χ3n) is 4.04. The summed E-state index contributed by atoms with van der Waals surface area (Å²) in [5, 5.41) is 4.15. The lowest BCUT2D eigenvalue weighted by Gasteiger charge is -2.42. The average molecular weight is 284 g/mol. The van der Waals surface area contributed by atoms with Crippen LogP contribution in [0.4, 0.5) is 4.39 Å². The van der Waals surface area contributed by atoms with Gasteiger partial charge in [0.2, 0.25) is 0 Å². The first kappa shape index (κ1) is 14.8. The standard InChI is InChI=1S/C16H23ClFN/c1-12(2)10-19-11-16(6-3-7-16)9-13-8-14(17)4-5-15(13)18/h4-5,8,12,19H,3,6-7,9-11H2,1-2H3. The zero-order chi connectivity index (χ0) is 13.9. The summed E-state index contributed by atoms with van der Waals surface area (Å²) in [6, 6.07) is 4.87. The Bertz CT molecular complexity index is 427. The minimum Gasteiger partial charge on any atom is -0.316 e. The topological polar surface area (TPSA) is 12.0 Å². The molecule has 0 amide bonds. The Hall–Kier alpha value is -0.600. The third-order valence-corrected chi connectivity index (χ3v) is 4.28. The van der Waals surface area contributed by atoms with Crippen LogP contribution in [0.1, 0.15) is 38.7 Å². The molecule has 0 unspecified atom stereocenters. The van der Waals surface area contributed by atoms with Crippen LogP contribution in [-0.4, -0.2) is 13.1 Å². The van der Waals surface area contributed by atoms with Crippen molar-refractivity contribution in [1.82, 2.24) is 5.32 Å². The summed E-state index contributed by atoms with van der Waals surface area (Å²) in [6.45, 7) is 6.42. The van der Waals surface area contributed by atoms with E-state index in [4.69, 9.17) is 11.6 Å². The van der Waals surface area contributed by atoms with Crippen LogP contribution in [0.25, 0.3) is 0 Å². The second-order valence-electron chi connectivity index (χ2n) is 6.29. The first-order valence-corrected chi connectivity index (χ1v) is 7.53. The van der Waals surface area contributed by atoms with E-state index in [0.717, 1.165) is 25.1 Å². The Morgan fingerprint density at radius 3 is 2.68 bits per heavy atom. The van der Waals surface area contributed by atoms with Crippen molar-refractivity contribution in [2.45, 2.75) is 39.5 Å². The molecule has 1 aromatic rings. The van der Waals surface area contributed by atoms with Crippen molar-refractivity contribution < 1.29 is 4.39 Å². The molecule has 1 aliphatic carbocycles. The molecule has 1 aliphatic rings. The van der Waals surface area contributed by atoms with E-state index in [0.29, 0.717) is 10.9 Å². The van der Waals surface area contributed by atoms with Crippen molar-refractivity contribution in [2.75, 3.05) is 13.1 Å². The number of rotatable bonds is 6. The molecule has 106 valence electrons. The SMILES string of the molecule is CC(C)CNCC1(Cc2cc(Cl)ccc2F)CCC1. The van der Waals surface area contributed by atoms with E-state index < -0.39 is 0 Å². The predicted molar refractivity (Wildman–Crippen MR) is 79.1 cm³/mol. The molecule has 1 fully saturated rings. The van der Waals surface area contributed by atoms with Crippen molar-refractivity contribution in [3.8, 4) is 0 Å². The highest BCUT2D eigenvalue weighted by atomic mass is 35.5.